The Labute approximate surface area is 75.8 Å². The van der Waals surface area contributed by atoms with Crippen molar-refractivity contribution in [2.24, 2.45) is 0 Å². The standard InChI is InChI=1S/C8H10O2.Ni/c1-5-3-4-7(9)8(10)6(5)2;/h3-4,9-10H,1-2H3;/q;+2/p-2. The van der Waals surface area contributed by atoms with Gasteiger partial charge in [0.15, 0.2) is 0 Å². The molecule has 0 spiro atoms. The van der Waals surface area contributed by atoms with Crippen LogP contribution in [0.15, 0.2) is 12.1 Å². The van der Waals surface area contributed by atoms with E-state index >= 15 is 0 Å². The normalized spacial score (nSPS) is 8.91. The van der Waals surface area contributed by atoms with Gasteiger partial charge in [0.25, 0.3) is 0 Å². The van der Waals surface area contributed by atoms with E-state index in [2.05, 4.69) is 0 Å². The molecule has 0 aliphatic carbocycles. The first-order chi connectivity index (χ1) is 4.63. The fraction of sp³-hybridized carbons (Fsp3) is 0.250. The van der Waals surface area contributed by atoms with Crippen LogP contribution >= 0.6 is 0 Å². The van der Waals surface area contributed by atoms with Crippen LogP contribution in [0.5, 0.6) is 11.5 Å². The summed E-state index contributed by atoms with van der Waals surface area (Å²) in [5.74, 6) is -0.789. The Morgan fingerprint density at radius 1 is 1.09 bits per heavy atom. The van der Waals surface area contributed by atoms with Crippen LogP contribution in [0, 0.1) is 13.8 Å². The summed E-state index contributed by atoms with van der Waals surface area (Å²) in [7, 11) is 0. The van der Waals surface area contributed by atoms with Crippen molar-refractivity contribution < 1.29 is 26.7 Å². The van der Waals surface area contributed by atoms with Gasteiger partial charge in [-0.2, -0.15) is 0 Å². The van der Waals surface area contributed by atoms with Crippen molar-refractivity contribution in [2.45, 2.75) is 13.8 Å². The van der Waals surface area contributed by atoms with E-state index in [1.54, 1.807) is 13.0 Å². The second-order valence-corrected chi connectivity index (χ2v) is 2.33. The van der Waals surface area contributed by atoms with Crippen molar-refractivity contribution in [3.63, 3.8) is 0 Å². The largest absolute Gasteiger partial charge is 2.00 e. The van der Waals surface area contributed by atoms with Crippen LogP contribution in [0.3, 0.4) is 0 Å². The quantitative estimate of drug-likeness (QED) is 0.564. The summed E-state index contributed by atoms with van der Waals surface area (Å²) >= 11 is 0. The van der Waals surface area contributed by atoms with Gasteiger partial charge < -0.3 is 10.2 Å². The number of benzene rings is 1. The monoisotopic (exact) mass is 194 g/mol. The number of aryl methyl sites for hydroxylation is 1. The van der Waals surface area contributed by atoms with Crippen molar-refractivity contribution in [3.05, 3.63) is 23.3 Å². The molecule has 0 aromatic heterocycles. The third-order valence-corrected chi connectivity index (χ3v) is 1.64. The predicted molar refractivity (Wildman–Crippen MR) is 34.8 cm³/mol. The van der Waals surface area contributed by atoms with Crippen LogP contribution in [0.1, 0.15) is 11.1 Å². The number of hydrogen-bond acceptors (Lipinski definition) is 2. The fourth-order valence-electron chi connectivity index (χ4n) is 0.765. The molecule has 0 radical (unpaired) electrons. The summed E-state index contributed by atoms with van der Waals surface area (Å²) in [5.41, 5.74) is 1.44. The summed E-state index contributed by atoms with van der Waals surface area (Å²) in [6.45, 7) is 3.48. The molecule has 0 saturated carbocycles. The van der Waals surface area contributed by atoms with Crippen LogP contribution in [-0.2, 0) is 16.5 Å². The summed E-state index contributed by atoms with van der Waals surface area (Å²) in [5, 5.41) is 21.6. The second-order valence-electron chi connectivity index (χ2n) is 2.33. The molecule has 0 saturated heterocycles. The van der Waals surface area contributed by atoms with Crippen molar-refractivity contribution in [2.75, 3.05) is 0 Å². The van der Waals surface area contributed by atoms with Crippen LogP contribution in [0.2, 0.25) is 0 Å². The van der Waals surface area contributed by atoms with Crippen LogP contribution in [0.25, 0.3) is 0 Å². The first-order valence-corrected chi connectivity index (χ1v) is 3.07. The van der Waals surface area contributed by atoms with Gasteiger partial charge in [0, 0.05) is 0 Å². The van der Waals surface area contributed by atoms with Crippen molar-refractivity contribution in [3.8, 4) is 11.5 Å². The summed E-state index contributed by atoms with van der Waals surface area (Å²) in [4.78, 5) is 0. The number of rotatable bonds is 0. The third-order valence-electron chi connectivity index (χ3n) is 1.64. The molecule has 1 rings (SSSR count). The van der Waals surface area contributed by atoms with E-state index in [0.29, 0.717) is 5.56 Å². The number of hydrogen-bond donors (Lipinski definition) is 0. The Morgan fingerprint density at radius 3 is 2.09 bits per heavy atom. The first-order valence-electron chi connectivity index (χ1n) is 3.07. The molecule has 1 aromatic rings. The molecule has 1 aromatic carbocycles. The molecule has 0 bridgehead atoms. The minimum Gasteiger partial charge on any atom is -0.873 e. The summed E-state index contributed by atoms with van der Waals surface area (Å²) < 4.78 is 0. The molecule has 0 amide bonds. The van der Waals surface area contributed by atoms with E-state index in [1.807, 2.05) is 6.92 Å². The maximum atomic E-state index is 10.9. The zero-order valence-electron chi connectivity index (χ0n) is 6.29. The van der Waals surface area contributed by atoms with Gasteiger partial charge >= 0.3 is 16.5 Å². The Balaban J connectivity index is 0.000001000. The van der Waals surface area contributed by atoms with E-state index in [-0.39, 0.29) is 22.2 Å². The Morgan fingerprint density at radius 2 is 1.64 bits per heavy atom. The van der Waals surface area contributed by atoms with Crippen LogP contribution in [0.4, 0.5) is 0 Å². The second kappa shape index (κ2) is 3.63. The molecule has 0 fully saturated rings. The smallest absolute Gasteiger partial charge is 0.873 e. The topological polar surface area (TPSA) is 46.1 Å². The van der Waals surface area contributed by atoms with Gasteiger partial charge in [0.1, 0.15) is 0 Å². The van der Waals surface area contributed by atoms with E-state index in [1.165, 1.54) is 6.07 Å². The summed E-state index contributed by atoms with van der Waals surface area (Å²) in [6, 6.07) is 2.98. The van der Waals surface area contributed by atoms with Crippen LogP contribution < -0.4 is 10.2 Å². The molecule has 0 atom stereocenters. The third kappa shape index (κ3) is 1.87. The zero-order valence-corrected chi connectivity index (χ0v) is 7.28. The molecular formula is C8H8NiO2. The predicted octanol–water partition coefficient (Wildman–Crippen LogP) is 0.448. The molecule has 62 valence electrons. The van der Waals surface area contributed by atoms with E-state index in [4.69, 9.17) is 0 Å². The zero-order chi connectivity index (χ0) is 7.72. The molecule has 0 heterocycles. The SMILES string of the molecule is Cc1ccc([O-])c([O-])c1C.[Ni+2]. The fourth-order valence-corrected chi connectivity index (χ4v) is 0.765. The first kappa shape index (κ1) is 10.3. The average molecular weight is 195 g/mol. The molecule has 2 nitrogen and oxygen atoms in total. The van der Waals surface area contributed by atoms with Gasteiger partial charge in [-0.15, -0.1) is 11.5 Å². The van der Waals surface area contributed by atoms with Crippen LogP contribution in [-0.4, -0.2) is 0 Å². The van der Waals surface area contributed by atoms with Crippen molar-refractivity contribution in [1.29, 1.82) is 0 Å². The van der Waals surface area contributed by atoms with E-state index in [9.17, 15) is 10.2 Å². The van der Waals surface area contributed by atoms with Gasteiger partial charge in [0.2, 0.25) is 0 Å². The Kier molecular flexibility index (Phi) is 3.40. The molecule has 0 aliphatic heterocycles. The average Bonchev–Trinajstić information content (AvgIpc) is 1.93. The molecule has 0 aliphatic rings. The molecular weight excluding hydrogens is 187 g/mol. The molecule has 0 unspecified atom stereocenters. The van der Waals surface area contributed by atoms with Gasteiger partial charge in [-0.05, 0) is 19.4 Å². The summed E-state index contributed by atoms with van der Waals surface area (Å²) in [6.07, 6.45) is 0. The Hall–Kier alpha value is -0.686. The van der Waals surface area contributed by atoms with Crippen molar-refractivity contribution in [1.82, 2.24) is 0 Å². The van der Waals surface area contributed by atoms with Gasteiger partial charge in [0.05, 0.1) is 0 Å². The van der Waals surface area contributed by atoms with E-state index in [0.717, 1.165) is 5.56 Å². The molecule has 3 heteroatoms. The van der Waals surface area contributed by atoms with Crippen molar-refractivity contribution >= 4 is 0 Å². The molecule has 0 N–H and O–H groups in total. The van der Waals surface area contributed by atoms with E-state index < -0.39 is 5.75 Å². The minimum absolute atomic E-state index is 0. The Bertz CT molecular complexity index is 232. The minimum atomic E-state index is -0.414. The maximum absolute atomic E-state index is 10.9. The van der Waals surface area contributed by atoms with Gasteiger partial charge in [-0.3, -0.25) is 0 Å². The molecule has 11 heavy (non-hydrogen) atoms. The maximum Gasteiger partial charge on any atom is 2.00 e. The van der Waals surface area contributed by atoms with Gasteiger partial charge in [-0.25, -0.2) is 0 Å². The van der Waals surface area contributed by atoms with Gasteiger partial charge in [-0.1, -0.05) is 17.7 Å².